The van der Waals surface area contributed by atoms with Gasteiger partial charge in [-0.1, -0.05) is 30.3 Å². The molecule has 1 amide bonds. The van der Waals surface area contributed by atoms with Crippen molar-refractivity contribution in [1.29, 1.82) is 0 Å². The van der Waals surface area contributed by atoms with E-state index in [0.717, 1.165) is 25.4 Å². The van der Waals surface area contributed by atoms with Crippen molar-refractivity contribution in [2.75, 3.05) is 39.3 Å². The van der Waals surface area contributed by atoms with Crippen LogP contribution in [0.15, 0.2) is 30.3 Å². The third-order valence-corrected chi connectivity index (χ3v) is 5.88. The van der Waals surface area contributed by atoms with Crippen LogP contribution in [-0.4, -0.2) is 55.0 Å². The van der Waals surface area contributed by atoms with Crippen LogP contribution in [0.5, 0.6) is 0 Å². The maximum Gasteiger partial charge on any atom is 0.217 e. The number of benzene rings is 1. The summed E-state index contributed by atoms with van der Waals surface area (Å²) in [4.78, 5) is 16.2. The summed E-state index contributed by atoms with van der Waals surface area (Å²) in [5.41, 5.74) is 6.80. The highest BCUT2D eigenvalue weighted by atomic mass is 16.1. The predicted octanol–water partition coefficient (Wildman–Crippen LogP) is 2.53. The molecule has 1 aromatic carbocycles. The van der Waals surface area contributed by atoms with Gasteiger partial charge in [0.25, 0.3) is 0 Å². The van der Waals surface area contributed by atoms with E-state index in [2.05, 4.69) is 40.1 Å². The molecule has 1 unspecified atom stereocenters. The fourth-order valence-corrected chi connectivity index (χ4v) is 4.45. The molecule has 2 aliphatic rings. The van der Waals surface area contributed by atoms with E-state index in [9.17, 15) is 4.79 Å². The molecule has 0 aromatic heterocycles. The molecule has 2 fully saturated rings. The van der Waals surface area contributed by atoms with Crippen LogP contribution in [0.2, 0.25) is 0 Å². The van der Waals surface area contributed by atoms with E-state index >= 15 is 0 Å². The van der Waals surface area contributed by atoms with E-state index in [0.29, 0.717) is 12.3 Å². The molecule has 25 heavy (non-hydrogen) atoms. The Bertz CT molecular complexity index is 525. The zero-order valence-electron chi connectivity index (χ0n) is 15.4. The number of carbonyl (C=O) groups is 1. The monoisotopic (exact) mass is 343 g/mol. The van der Waals surface area contributed by atoms with Crippen LogP contribution in [-0.2, 0) is 11.2 Å². The van der Waals surface area contributed by atoms with E-state index in [4.69, 9.17) is 5.73 Å². The molecule has 4 heteroatoms. The second-order valence-corrected chi connectivity index (χ2v) is 7.95. The van der Waals surface area contributed by atoms with Gasteiger partial charge in [0.05, 0.1) is 0 Å². The number of likely N-dealkylation sites (tertiary alicyclic amines) is 2. The molecule has 1 aromatic rings. The van der Waals surface area contributed by atoms with Gasteiger partial charge in [0, 0.05) is 13.0 Å². The SMILES string of the molecule is NC(=O)CC1CCN(CCCN2CCC(Cc3ccccc3)CC2)C1. The second-order valence-electron chi connectivity index (χ2n) is 7.95. The van der Waals surface area contributed by atoms with Crippen molar-refractivity contribution < 1.29 is 4.79 Å². The number of piperidine rings is 1. The lowest BCUT2D eigenvalue weighted by molar-refractivity contribution is -0.118. The first-order valence-electron chi connectivity index (χ1n) is 9.96. The molecule has 2 saturated heterocycles. The molecular weight excluding hydrogens is 310 g/mol. The molecule has 0 saturated carbocycles. The summed E-state index contributed by atoms with van der Waals surface area (Å²) in [6, 6.07) is 10.9. The largest absolute Gasteiger partial charge is 0.370 e. The van der Waals surface area contributed by atoms with Gasteiger partial charge in [-0.2, -0.15) is 0 Å². The number of nitrogens with zero attached hydrogens (tertiary/aromatic N) is 2. The number of nitrogens with two attached hydrogens (primary N) is 1. The van der Waals surface area contributed by atoms with Crippen LogP contribution < -0.4 is 5.73 Å². The number of carbonyl (C=O) groups excluding carboxylic acids is 1. The molecule has 2 heterocycles. The highest BCUT2D eigenvalue weighted by Crippen LogP contribution is 2.22. The molecule has 138 valence electrons. The fourth-order valence-electron chi connectivity index (χ4n) is 4.45. The first-order chi connectivity index (χ1) is 12.2. The summed E-state index contributed by atoms with van der Waals surface area (Å²) < 4.78 is 0. The Morgan fingerprint density at radius 2 is 1.60 bits per heavy atom. The van der Waals surface area contributed by atoms with Gasteiger partial charge >= 0.3 is 0 Å². The van der Waals surface area contributed by atoms with Crippen LogP contribution in [0, 0.1) is 11.8 Å². The van der Waals surface area contributed by atoms with Crippen molar-refractivity contribution >= 4 is 5.91 Å². The van der Waals surface area contributed by atoms with Crippen molar-refractivity contribution in [3.63, 3.8) is 0 Å². The number of hydrogen-bond acceptors (Lipinski definition) is 3. The molecule has 4 nitrogen and oxygen atoms in total. The number of primary amides is 1. The first kappa shape index (κ1) is 18.4. The zero-order chi connectivity index (χ0) is 17.5. The van der Waals surface area contributed by atoms with Crippen molar-refractivity contribution in [2.45, 2.75) is 38.5 Å². The van der Waals surface area contributed by atoms with Crippen molar-refractivity contribution in [2.24, 2.45) is 17.6 Å². The van der Waals surface area contributed by atoms with E-state index in [-0.39, 0.29) is 5.91 Å². The number of rotatable bonds is 8. The normalized spacial score (nSPS) is 23.1. The zero-order valence-corrected chi connectivity index (χ0v) is 15.4. The molecule has 3 rings (SSSR count). The third-order valence-electron chi connectivity index (χ3n) is 5.88. The molecule has 0 aliphatic carbocycles. The highest BCUT2D eigenvalue weighted by Gasteiger charge is 2.24. The van der Waals surface area contributed by atoms with Crippen molar-refractivity contribution in [3.8, 4) is 0 Å². The summed E-state index contributed by atoms with van der Waals surface area (Å²) in [7, 11) is 0. The van der Waals surface area contributed by atoms with E-state index in [1.165, 1.54) is 57.4 Å². The molecule has 0 radical (unpaired) electrons. The maximum absolute atomic E-state index is 11.0. The minimum absolute atomic E-state index is 0.148. The lowest BCUT2D eigenvalue weighted by Gasteiger charge is -2.32. The molecule has 0 bridgehead atoms. The molecule has 2 N–H and O–H groups in total. The van der Waals surface area contributed by atoms with Gasteiger partial charge in [0.2, 0.25) is 5.91 Å². The summed E-state index contributed by atoms with van der Waals surface area (Å²) in [5.74, 6) is 1.20. The minimum Gasteiger partial charge on any atom is -0.370 e. The Hall–Kier alpha value is -1.39. The summed E-state index contributed by atoms with van der Waals surface area (Å²) in [6.07, 6.45) is 6.84. The molecular formula is C21H33N3O. The number of hydrogen-bond donors (Lipinski definition) is 1. The average Bonchev–Trinajstić information content (AvgIpc) is 3.04. The highest BCUT2D eigenvalue weighted by molar-refractivity contribution is 5.74. The van der Waals surface area contributed by atoms with Crippen molar-refractivity contribution in [3.05, 3.63) is 35.9 Å². The maximum atomic E-state index is 11.0. The Balaban J connectivity index is 1.28. The summed E-state index contributed by atoms with van der Waals surface area (Å²) in [6.45, 7) is 7.08. The standard InChI is InChI=1S/C21H33N3O/c22-21(25)16-20-9-14-24(17-20)11-4-10-23-12-7-19(8-13-23)15-18-5-2-1-3-6-18/h1-3,5-6,19-20H,4,7-17H2,(H2,22,25). The van der Waals surface area contributed by atoms with Crippen LogP contribution in [0.4, 0.5) is 0 Å². The topological polar surface area (TPSA) is 49.6 Å². The van der Waals surface area contributed by atoms with E-state index < -0.39 is 0 Å². The summed E-state index contributed by atoms with van der Waals surface area (Å²) >= 11 is 0. The average molecular weight is 344 g/mol. The van der Waals surface area contributed by atoms with Crippen LogP contribution in [0.3, 0.4) is 0 Å². The van der Waals surface area contributed by atoms with Crippen molar-refractivity contribution in [1.82, 2.24) is 9.80 Å². The van der Waals surface area contributed by atoms with Gasteiger partial charge in [0.15, 0.2) is 0 Å². The Morgan fingerprint density at radius 3 is 2.32 bits per heavy atom. The minimum atomic E-state index is -0.148. The lowest BCUT2D eigenvalue weighted by Crippen LogP contribution is -2.36. The fraction of sp³-hybridized carbons (Fsp3) is 0.667. The third kappa shape index (κ3) is 6.12. The Labute approximate surface area is 152 Å². The molecule has 1 atom stereocenters. The summed E-state index contributed by atoms with van der Waals surface area (Å²) in [5, 5.41) is 0. The van der Waals surface area contributed by atoms with Gasteiger partial charge in [-0.15, -0.1) is 0 Å². The van der Waals surface area contributed by atoms with Gasteiger partial charge in [-0.3, -0.25) is 4.79 Å². The van der Waals surface area contributed by atoms with Gasteiger partial charge in [-0.05, 0) is 82.2 Å². The first-order valence-corrected chi connectivity index (χ1v) is 9.96. The van der Waals surface area contributed by atoms with Gasteiger partial charge in [0.1, 0.15) is 0 Å². The molecule has 0 spiro atoms. The number of amides is 1. The van der Waals surface area contributed by atoms with Crippen LogP contribution in [0.1, 0.15) is 37.7 Å². The van der Waals surface area contributed by atoms with Gasteiger partial charge in [-0.25, -0.2) is 0 Å². The quantitative estimate of drug-likeness (QED) is 0.789. The van der Waals surface area contributed by atoms with E-state index in [1.807, 2.05) is 0 Å². The molecule has 2 aliphatic heterocycles. The Kier molecular flexibility index (Phi) is 6.88. The van der Waals surface area contributed by atoms with Crippen LogP contribution in [0.25, 0.3) is 0 Å². The van der Waals surface area contributed by atoms with Gasteiger partial charge < -0.3 is 15.5 Å². The Morgan fingerprint density at radius 1 is 0.960 bits per heavy atom. The smallest absolute Gasteiger partial charge is 0.217 e. The van der Waals surface area contributed by atoms with Crippen LogP contribution >= 0.6 is 0 Å². The lowest BCUT2D eigenvalue weighted by atomic mass is 9.90. The second kappa shape index (κ2) is 9.35. The van der Waals surface area contributed by atoms with E-state index in [1.54, 1.807) is 0 Å². The predicted molar refractivity (Wildman–Crippen MR) is 102 cm³/mol.